The Balaban J connectivity index is 1.03. The number of rotatable bonds is 6. The standard InChI is InChI=1S/C60H75NO9/c1-32(34-8-3-4-9-34)36-14-16-45-53(66)54-19-17-33(25-54)20-37-13-15-41-44-28-55-18-6-5-10-35-11-7-12-38(29-62)42(35)23-47(61-2)43-22-39(56(55,30-63)46-24-48(65)70-50(43)46)27-59(55,68)58(67)26-40(21-36)60(45,69)57(31-64,51(44)58)52(54)49(37)41/h7,11-12,15,24,31-34,36,39-40,43-45,47,50-53,61-63,66-69H,3-4,6,8-9,13-14,16-23,25-30H2,1-2H3. The number of carbonyl (C=O) groups excluding carboxylic acids is 2. The van der Waals surface area contributed by atoms with Crippen LogP contribution in [0.2, 0.25) is 0 Å². The van der Waals surface area contributed by atoms with Gasteiger partial charge in [-0.15, -0.1) is 0 Å². The Labute approximate surface area is 413 Å². The van der Waals surface area contributed by atoms with Gasteiger partial charge < -0.3 is 45.5 Å². The maximum Gasteiger partial charge on any atom is 0.331 e. The summed E-state index contributed by atoms with van der Waals surface area (Å²) >= 11 is 0. The number of aldehydes is 1. The molecule has 1 aromatic carbocycles. The van der Waals surface area contributed by atoms with Crippen LogP contribution in [0, 0.1) is 98.6 Å². The van der Waals surface area contributed by atoms with E-state index in [0.717, 1.165) is 72.6 Å². The largest absolute Gasteiger partial charge is 0.454 e. The van der Waals surface area contributed by atoms with Crippen LogP contribution in [0.25, 0.3) is 0 Å². The zero-order valence-electron chi connectivity index (χ0n) is 41.3. The van der Waals surface area contributed by atoms with Gasteiger partial charge in [-0.05, 0) is 172 Å². The normalized spacial score (nSPS) is 51.4. The van der Waals surface area contributed by atoms with Crippen molar-refractivity contribution in [2.75, 3.05) is 13.7 Å². The molecule has 70 heavy (non-hydrogen) atoms. The van der Waals surface area contributed by atoms with Crippen molar-refractivity contribution in [2.45, 2.75) is 171 Å². The summed E-state index contributed by atoms with van der Waals surface area (Å²) in [5.41, 5.74) is -3.06. The van der Waals surface area contributed by atoms with Crippen LogP contribution >= 0.6 is 0 Å². The number of aliphatic hydroxyl groups is 6. The molecule has 13 aliphatic carbocycles. The van der Waals surface area contributed by atoms with Crippen molar-refractivity contribution in [3.8, 4) is 11.8 Å². The number of esters is 1. The van der Waals surface area contributed by atoms with E-state index in [-0.39, 0.29) is 49.9 Å². The molecule has 7 N–H and O–H groups in total. The predicted molar refractivity (Wildman–Crippen MR) is 260 cm³/mol. The zero-order chi connectivity index (χ0) is 48.1. The maximum absolute atomic E-state index is 15.6. The number of likely N-dealkylation sites (N-methyl/N-ethyl adjacent to an activating group) is 1. The monoisotopic (exact) mass is 954 g/mol. The summed E-state index contributed by atoms with van der Waals surface area (Å²) in [7, 11) is 1.92. The highest BCUT2D eigenvalue weighted by atomic mass is 16.5. The Kier molecular flexibility index (Phi) is 9.75. The molecule has 0 aromatic heterocycles. The summed E-state index contributed by atoms with van der Waals surface area (Å²) in [5.74, 6) is 4.55. The van der Waals surface area contributed by atoms with E-state index in [9.17, 15) is 25.2 Å². The number of allylic oxidation sites excluding steroid dienone is 4. The lowest BCUT2D eigenvalue weighted by Gasteiger charge is -2.79. The first-order valence-electron chi connectivity index (χ1n) is 27.9. The molecular weight excluding hydrogens is 879 g/mol. The first-order chi connectivity index (χ1) is 33.8. The topological polar surface area (TPSA) is 177 Å². The van der Waals surface area contributed by atoms with Gasteiger partial charge in [0.1, 0.15) is 18.0 Å². The van der Waals surface area contributed by atoms with E-state index >= 15 is 15.0 Å². The Morgan fingerprint density at radius 3 is 2.56 bits per heavy atom. The molecule has 20 unspecified atom stereocenters. The molecule has 2 spiro atoms. The molecule has 14 aliphatic rings. The number of ether oxygens (including phenoxy) is 1. The van der Waals surface area contributed by atoms with Gasteiger partial charge in [0, 0.05) is 64.0 Å². The van der Waals surface area contributed by atoms with Crippen LogP contribution < -0.4 is 5.32 Å². The van der Waals surface area contributed by atoms with Gasteiger partial charge in [0.05, 0.1) is 35.9 Å². The Morgan fingerprint density at radius 2 is 1.79 bits per heavy atom. The molecule has 1 heterocycles. The van der Waals surface area contributed by atoms with Gasteiger partial charge in [-0.2, -0.15) is 0 Å². The first kappa shape index (κ1) is 45.5. The van der Waals surface area contributed by atoms with Crippen molar-refractivity contribution in [3.63, 3.8) is 0 Å². The maximum atomic E-state index is 15.6. The SMILES string of the molecule is CNC1Cc2c(cccc2CO)C#CCCC23CC4C5=CCC6=C5C5C7(CCC(C6)C7)C(O)C6CCC(C(C)C7CCCC7)CC7CC(O)(C4C5(C=O)C76O)C2(O)CC2CC1C1OC(=O)C=C1C23CO. The molecule has 6 bridgehead atoms. The lowest BCUT2D eigenvalue weighted by atomic mass is 9.26. The molecule has 10 heteroatoms. The molecule has 0 radical (unpaired) electrons. The van der Waals surface area contributed by atoms with Crippen LogP contribution in [0.3, 0.4) is 0 Å². The van der Waals surface area contributed by atoms with E-state index in [0.29, 0.717) is 68.3 Å². The van der Waals surface area contributed by atoms with Gasteiger partial charge in [0.2, 0.25) is 0 Å². The minimum atomic E-state index is -1.91. The van der Waals surface area contributed by atoms with Gasteiger partial charge in [-0.25, -0.2) is 4.79 Å². The third-order valence-electron chi connectivity index (χ3n) is 24.9. The van der Waals surface area contributed by atoms with Crippen molar-refractivity contribution in [1.29, 1.82) is 0 Å². The lowest BCUT2D eigenvalue weighted by Crippen LogP contribution is -2.87. The van der Waals surface area contributed by atoms with Crippen molar-refractivity contribution in [3.05, 3.63) is 69.3 Å². The number of hydrogen-bond acceptors (Lipinski definition) is 10. The summed E-state index contributed by atoms with van der Waals surface area (Å²) in [6, 6.07) is 5.63. The highest BCUT2D eigenvalue weighted by Crippen LogP contribution is 2.87. The molecule has 20 atom stereocenters. The van der Waals surface area contributed by atoms with Crippen LogP contribution in [0.4, 0.5) is 0 Å². The quantitative estimate of drug-likeness (QED) is 0.0959. The molecule has 9 fully saturated rings. The lowest BCUT2D eigenvalue weighted by molar-refractivity contribution is -0.381. The summed E-state index contributed by atoms with van der Waals surface area (Å²) < 4.78 is 6.45. The second-order valence-electron chi connectivity index (χ2n) is 26.2. The van der Waals surface area contributed by atoms with Crippen molar-refractivity contribution < 1.29 is 45.0 Å². The molecule has 0 saturated heterocycles. The predicted octanol–water partition coefficient (Wildman–Crippen LogP) is 6.41. The fourth-order valence-electron chi connectivity index (χ4n) is 22.7. The third-order valence-corrected chi connectivity index (χ3v) is 24.9. The van der Waals surface area contributed by atoms with Crippen LogP contribution in [-0.2, 0) is 27.4 Å². The number of hydrogen-bond donors (Lipinski definition) is 7. The third kappa shape index (κ3) is 5.01. The van der Waals surface area contributed by atoms with Crippen LogP contribution in [-0.4, -0.2) is 91.6 Å². The number of nitrogens with one attached hydrogen (secondary N) is 1. The van der Waals surface area contributed by atoms with Gasteiger partial charge in [0.15, 0.2) is 0 Å². The van der Waals surface area contributed by atoms with Gasteiger partial charge in [-0.3, -0.25) is 0 Å². The average Bonchev–Trinajstić information content (AvgIpc) is 4.19. The fourth-order valence-corrected chi connectivity index (χ4v) is 22.7. The molecule has 1 aromatic rings. The van der Waals surface area contributed by atoms with Crippen LogP contribution in [0.1, 0.15) is 139 Å². The van der Waals surface area contributed by atoms with Crippen molar-refractivity contribution in [1.82, 2.24) is 5.32 Å². The highest BCUT2D eigenvalue weighted by molar-refractivity contribution is 5.87. The molecule has 10 nitrogen and oxygen atoms in total. The number of carbonyl (C=O) groups is 2. The van der Waals surface area contributed by atoms with E-state index in [4.69, 9.17) is 4.74 Å². The second kappa shape index (κ2) is 15.0. The number of fused-ring (bicyclic) bond motifs is 6. The van der Waals surface area contributed by atoms with Gasteiger partial charge >= 0.3 is 5.97 Å². The summed E-state index contributed by atoms with van der Waals surface area (Å²) in [6.07, 6.45) is 17.0. The number of benzene rings is 1. The zero-order valence-corrected chi connectivity index (χ0v) is 41.3. The molecule has 9 saturated carbocycles. The van der Waals surface area contributed by atoms with E-state index in [1.54, 1.807) is 6.08 Å². The summed E-state index contributed by atoms with van der Waals surface area (Å²) in [6.45, 7) is 1.90. The molecule has 15 rings (SSSR count). The van der Waals surface area contributed by atoms with E-state index in [1.807, 2.05) is 25.2 Å². The smallest absolute Gasteiger partial charge is 0.331 e. The van der Waals surface area contributed by atoms with E-state index in [1.165, 1.54) is 31.3 Å². The Hall–Kier alpha value is -3.14. The molecule has 374 valence electrons. The fraction of sp³-hybridized carbons (Fsp3) is 0.733. The second-order valence-corrected chi connectivity index (χ2v) is 26.2. The summed E-state index contributed by atoms with van der Waals surface area (Å²) in [4.78, 5) is 29.6. The summed E-state index contributed by atoms with van der Waals surface area (Å²) in [5, 5.41) is 85.3. The average molecular weight is 954 g/mol. The molecule has 1 aliphatic heterocycles. The highest BCUT2D eigenvalue weighted by Gasteiger charge is 2.91. The van der Waals surface area contributed by atoms with Crippen LogP contribution in [0.5, 0.6) is 0 Å². The van der Waals surface area contributed by atoms with E-state index < -0.39 is 86.2 Å². The van der Waals surface area contributed by atoms with Crippen LogP contribution in [0.15, 0.2) is 52.6 Å². The molecular formula is C60H75NO9. The minimum Gasteiger partial charge on any atom is -0.454 e. The minimum absolute atomic E-state index is 0.0921. The van der Waals surface area contributed by atoms with Crippen molar-refractivity contribution in [2.24, 2.45) is 86.8 Å². The van der Waals surface area contributed by atoms with E-state index in [2.05, 4.69) is 30.2 Å². The first-order valence-corrected chi connectivity index (χ1v) is 27.9. The van der Waals surface area contributed by atoms with Gasteiger partial charge in [-0.1, -0.05) is 68.2 Å². The Morgan fingerprint density at radius 1 is 0.957 bits per heavy atom. The van der Waals surface area contributed by atoms with Crippen molar-refractivity contribution >= 4 is 12.3 Å². The Bertz CT molecular complexity index is 2620. The number of aliphatic hydroxyl groups excluding tert-OH is 3. The van der Waals surface area contributed by atoms with Gasteiger partial charge in [0.25, 0.3) is 0 Å². The molecule has 0 amide bonds.